The van der Waals surface area contributed by atoms with Crippen LogP contribution in [0.2, 0.25) is 5.02 Å². The van der Waals surface area contributed by atoms with Crippen LogP contribution in [0.1, 0.15) is 30.5 Å². The smallest absolute Gasteiger partial charge is 0.417 e. The highest BCUT2D eigenvalue weighted by Gasteiger charge is 2.34. The van der Waals surface area contributed by atoms with Crippen LogP contribution >= 0.6 is 11.6 Å². The number of nitrogens with one attached hydrogen (secondary N) is 2. The molecule has 3 rings (SSSR count). The number of hydrogen-bond acceptors (Lipinski definition) is 6. The Morgan fingerprint density at radius 3 is 2.48 bits per heavy atom. The third kappa shape index (κ3) is 7.74. The molecular weight excluding hydrogens is 569 g/mol. The van der Waals surface area contributed by atoms with Crippen molar-refractivity contribution in [2.45, 2.75) is 38.4 Å². The summed E-state index contributed by atoms with van der Waals surface area (Å²) < 4.78 is 74.6. The zero-order valence-electron chi connectivity index (χ0n) is 22.0. The highest BCUT2D eigenvalue weighted by atomic mass is 35.5. The number of carbonyl (C=O) groups excluding carboxylic acids is 1. The van der Waals surface area contributed by atoms with Crippen molar-refractivity contribution in [1.29, 1.82) is 0 Å². The lowest BCUT2D eigenvalue weighted by molar-refractivity contribution is -0.137. The number of nitrogens with zero attached hydrogens (tertiary/aromatic N) is 2. The molecule has 0 saturated heterocycles. The summed E-state index contributed by atoms with van der Waals surface area (Å²) in [7, 11) is -4.50. The molecule has 2 aromatic carbocycles. The van der Waals surface area contributed by atoms with E-state index in [-0.39, 0.29) is 11.6 Å². The van der Waals surface area contributed by atoms with Gasteiger partial charge in [-0.25, -0.2) is 13.4 Å². The third-order valence-electron chi connectivity index (χ3n) is 5.79. The summed E-state index contributed by atoms with van der Waals surface area (Å²) in [5.41, 5.74) is 0.388. The minimum absolute atomic E-state index is 0.0821. The van der Waals surface area contributed by atoms with Crippen LogP contribution in [0.5, 0.6) is 11.6 Å². The van der Waals surface area contributed by atoms with Crippen LogP contribution in [0.3, 0.4) is 0 Å². The van der Waals surface area contributed by atoms with Crippen molar-refractivity contribution in [1.82, 2.24) is 9.88 Å². The summed E-state index contributed by atoms with van der Waals surface area (Å²) in [6, 6.07) is 8.69. The molecule has 2 N–H and O–H groups in total. The number of sulfonamides is 1. The first-order valence-electron chi connectivity index (χ1n) is 12.1. The molecule has 1 aromatic heterocycles. The van der Waals surface area contributed by atoms with Crippen LogP contribution in [-0.2, 0) is 27.5 Å². The van der Waals surface area contributed by atoms with Gasteiger partial charge in [0.05, 0.1) is 15.5 Å². The van der Waals surface area contributed by atoms with E-state index in [0.717, 1.165) is 31.3 Å². The summed E-state index contributed by atoms with van der Waals surface area (Å²) in [5, 5.41) is 2.07. The molecule has 8 nitrogen and oxygen atoms in total. The number of aromatic nitrogens is 1. The SMILES string of the molecule is C=CC(=O)Nc1ccc(Oc2ncc(C)cc2NS(=O)(=O)c2ccc(Cl)c(C(F)(F)F)c2)c(CN(CC)CC)c1. The Kier molecular flexibility index (Phi) is 9.82. The predicted octanol–water partition coefficient (Wildman–Crippen LogP) is 6.62. The van der Waals surface area contributed by atoms with Crippen LogP contribution in [0.15, 0.2) is 66.2 Å². The molecule has 0 aliphatic carbocycles. The summed E-state index contributed by atoms with van der Waals surface area (Å²) in [6.07, 6.45) is -2.25. The van der Waals surface area contributed by atoms with E-state index in [0.29, 0.717) is 35.2 Å². The van der Waals surface area contributed by atoms with Gasteiger partial charge in [0.15, 0.2) is 0 Å². The standard InChI is InChI=1S/C27H28ClF3N4O4S/c1-5-25(36)33-19-8-11-24(18(13-19)16-35(6-2)7-3)39-26-23(12-17(4)15-32-26)34-40(37,38)20-9-10-22(28)21(14-20)27(29,30)31/h5,8-15,34H,1,6-7,16H2,2-4H3,(H,33,36). The molecule has 0 radical (unpaired) electrons. The summed E-state index contributed by atoms with van der Waals surface area (Å²) in [4.78, 5) is 17.5. The number of carbonyl (C=O) groups is 1. The maximum absolute atomic E-state index is 13.3. The Labute approximate surface area is 235 Å². The fraction of sp³-hybridized carbons (Fsp3) is 0.259. The van der Waals surface area contributed by atoms with Crippen molar-refractivity contribution >= 4 is 38.9 Å². The molecule has 0 aliphatic heterocycles. The lowest BCUT2D eigenvalue weighted by Crippen LogP contribution is -2.22. The van der Waals surface area contributed by atoms with Gasteiger partial charge in [0.25, 0.3) is 10.0 Å². The topological polar surface area (TPSA) is 101 Å². The Morgan fingerprint density at radius 2 is 1.85 bits per heavy atom. The summed E-state index contributed by atoms with van der Waals surface area (Å²) in [5.74, 6) is -0.177. The fourth-order valence-electron chi connectivity index (χ4n) is 3.67. The van der Waals surface area contributed by atoms with E-state index in [1.54, 1.807) is 25.1 Å². The van der Waals surface area contributed by atoms with E-state index in [1.165, 1.54) is 12.3 Å². The van der Waals surface area contributed by atoms with Crippen molar-refractivity contribution in [2.24, 2.45) is 0 Å². The number of alkyl halides is 3. The van der Waals surface area contributed by atoms with Crippen LogP contribution < -0.4 is 14.8 Å². The van der Waals surface area contributed by atoms with Gasteiger partial charge in [-0.05, 0) is 74.1 Å². The molecule has 0 aliphatic rings. The molecule has 0 saturated carbocycles. The first kappa shape index (κ1) is 30.9. The zero-order chi connectivity index (χ0) is 29.7. The molecule has 0 bridgehead atoms. The highest BCUT2D eigenvalue weighted by molar-refractivity contribution is 7.92. The molecule has 0 spiro atoms. The number of benzene rings is 2. The van der Waals surface area contributed by atoms with E-state index in [4.69, 9.17) is 16.3 Å². The lowest BCUT2D eigenvalue weighted by Gasteiger charge is -2.21. The molecule has 1 amide bonds. The number of amides is 1. The second-order valence-electron chi connectivity index (χ2n) is 8.69. The van der Waals surface area contributed by atoms with Crippen LogP contribution in [0.4, 0.5) is 24.5 Å². The van der Waals surface area contributed by atoms with Gasteiger partial charge in [0.1, 0.15) is 11.4 Å². The number of aryl methyl sites for hydroxylation is 1. The quantitative estimate of drug-likeness (QED) is 0.241. The van der Waals surface area contributed by atoms with Gasteiger partial charge in [-0.2, -0.15) is 13.2 Å². The normalized spacial score (nSPS) is 11.8. The molecule has 40 heavy (non-hydrogen) atoms. The number of halogens is 4. The van der Waals surface area contributed by atoms with Crippen LogP contribution in [0, 0.1) is 6.92 Å². The van der Waals surface area contributed by atoms with E-state index >= 15 is 0 Å². The van der Waals surface area contributed by atoms with Gasteiger partial charge in [-0.1, -0.05) is 32.0 Å². The van der Waals surface area contributed by atoms with E-state index < -0.39 is 37.6 Å². The number of ether oxygens (including phenoxy) is 1. The number of anilines is 2. The molecule has 214 valence electrons. The Balaban J connectivity index is 2.01. The molecule has 0 unspecified atom stereocenters. The van der Waals surface area contributed by atoms with Crippen LogP contribution in [-0.4, -0.2) is 37.3 Å². The average Bonchev–Trinajstić information content (AvgIpc) is 2.89. The molecule has 13 heteroatoms. The van der Waals surface area contributed by atoms with Crippen molar-refractivity contribution in [3.05, 3.63) is 83.0 Å². The monoisotopic (exact) mass is 596 g/mol. The highest BCUT2D eigenvalue weighted by Crippen LogP contribution is 2.37. The van der Waals surface area contributed by atoms with E-state index in [1.807, 2.05) is 13.8 Å². The summed E-state index contributed by atoms with van der Waals surface area (Å²) >= 11 is 5.65. The minimum Gasteiger partial charge on any atom is -0.437 e. The Morgan fingerprint density at radius 1 is 1.15 bits per heavy atom. The van der Waals surface area contributed by atoms with Gasteiger partial charge in [-0.3, -0.25) is 14.4 Å². The molecule has 1 heterocycles. The van der Waals surface area contributed by atoms with Gasteiger partial charge >= 0.3 is 6.18 Å². The first-order chi connectivity index (χ1) is 18.8. The van der Waals surface area contributed by atoms with Gasteiger partial charge in [0, 0.05) is 24.0 Å². The molecule has 0 fully saturated rings. The second-order valence-corrected chi connectivity index (χ2v) is 10.8. The number of hydrogen-bond donors (Lipinski definition) is 2. The summed E-state index contributed by atoms with van der Waals surface area (Å²) in [6.45, 7) is 11.0. The van der Waals surface area contributed by atoms with Crippen molar-refractivity contribution in [3.8, 4) is 11.6 Å². The minimum atomic E-state index is -4.85. The predicted molar refractivity (Wildman–Crippen MR) is 148 cm³/mol. The van der Waals surface area contributed by atoms with Crippen molar-refractivity contribution in [3.63, 3.8) is 0 Å². The number of pyridine rings is 1. The largest absolute Gasteiger partial charge is 0.437 e. The first-order valence-corrected chi connectivity index (χ1v) is 14.0. The Bertz CT molecular complexity index is 1510. The number of rotatable bonds is 11. The van der Waals surface area contributed by atoms with Crippen molar-refractivity contribution in [2.75, 3.05) is 23.1 Å². The Hall–Kier alpha value is -3.61. The van der Waals surface area contributed by atoms with Gasteiger partial charge < -0.3 is 10.1 Å². The molecule has 0 atom stereocenters. The van der Waals surface area contributed by atoms with Crippen molar-refractivity contribution < 1.29 is 31.1 Å². The van der Waals surface area contributed by atoms with Gasteiger partial charge in [0.2, 0.25) is 11.8 Å². The van der Waals surface area contributed by atoms with Gasteiger partial charge in [-0.15, -0.1) is 0 Å². The molecule has 3 aromatic rings. The van der Waals surface area contributed by atoms with E-state index in [2.05, 4.69) is 26.5 Å². The lowest BCUT2D eigenvalue weighted by atomic mass is 10.1. The third-order valence-corrected chi connectivity index (χ3v) is 7.49. The van der Waals surface area contributed by atoms with E-state index in [9.17, 15) is 26.4 Å². The second kappa shape index (κ2) is 12.7. The average molecular weight is 597 g/mol. The zero-order valence-corrected chi connectivity index (χ0v) is 23.5. The maximum Gasteiger partial charge on any atom is 0.417 e. The van der Waals surface area contributed by atoms with Crippen LogP contribution in [0.25, 0.3) is 0 Å². The maximum atomic E-state index is 13.3. The fourth-order valence-corrected chi connectivity index (χ4v) is 4.97. The molecular formula is C27H28ClF3N4O4S.